The lowest BCUT2D eigenvalue weighted by atomic mass is 10.2. The number of hydrogen-bond acceptors (Lipinski definition) is 8. The molecule has 0 fully saturated rings. The average Bonchev–Trinajstić information content (AvgIpc) is 2.97. The fourth-order valence-corrected chi connectivity index (χ4v) is 9.44. The van der Waals surface area contributed by atoms with Crippen LogP contribution in [0.1, 0.15) is 56.7 Å². The molecule has 0 amide bonds. The molecule has 8 nitrogen and oxygen atoms in total. The Hall–Kier alpha value is -2.14. The number of para-hydroxylation sites is 3. The van der Waals surface area contributed by atoms with Crippen LogP contribution in [0.5, 0.6) is 17.2 Å². The number of hydrogen-bond donors (Lipinski definition) is 1. The third-order valence-corrected chi connectivity index (χ3v) is 11.3. The zero-order chi connectivity index (χ0) is 29.5. The molecule has 0 spiro atoms. The van der Waals surface area contributed by atoms with Gasteiger partial charge in [0.1, 0.15) is 12.4 Å². The molecule has 11 heteroatoms. The SMILES string of the molecule is CCCOP(N[P+](N=[P+](OCCC)Oc1ccccc1C)(OCCC)Oc1ccccc1C)Oc1ccccc1C. The van der Waals surface area contributed by atoms with Crippen molar-refractivity contribution < 1.29 is 27.1 Å². The van der Waals surface area contributed by atoms with E-state index in [0.29, 0.717) is 37.1 Å². The van der Waals surface area contributed by atoms with E-state index in [2.05, 4.69) is 11.8 Å². The molecule has 0 aliphatic heterocycles. The zero-order valence-corrected chi connectivity index (χ0v) is 27.6. The van der Waals surface area contributed by atoms with Crippen LogP contribution in [-0.2, 0) is 13.6 Å². The van der Waals surface area contributed by atoms with Crippen LogP contribution >= 0.6 is 24.7 Å². The molecule has 0 aromatic heterocycles. The molecule has 0 heterocycles. The van der Waals surface area contributed by atoms with Gasteiger partial charge in [-0.05, 0) is 79.8 Å². The van der Waals surface area contributed by atoms with Gasteiger partial charge in [-0.1, -0.05) is 75.4 Å². The van der Waals surface area contributed by atoms with Crippen LogP contribution in [0.4, 0.5) is 0 Å². The minimum atomic E-state index is -3.33. The molecule has 1 N–H and O–H groups in total. The Labute approximate surface area is 248 Å². The van der Waals surface area contributed by atoms with Crippen LogP contribution in [0.25, 0.3) is 0 Å². The first-order valence-corrected chi connectivity index (χ1v) is 17.9. The molecular weight excluding hydrogens is 577 g/mol. The van der Waals surface area contributed by atoms with Crippen molar-refractivity contribution in [1.29, 1.82) is 0 Å². The summed E-state index contributed by atoms with van der Waals surface area (Å²) in [4.78, 5) is 3.47. The first-order valence-electron chi connectivity index (χ1n) is 14.0. The third kappa shape index (κ3) is 10.9. The lowest BCUT2D eigenvalue weighted by Crippen LogP contribution is -2.21. The fraction of sp³-hybridized carbons (Fsp3) is 0.400. The summed E-state index contributed by atoms with van der Waals surface area (Å²) in [5.41, 5.74) is 2.93. The van der Waals surface area contributed by atoms with Gasteiger partial charge < -0.3 is 9.05 Å². The second kappa shape index (κ2) is 17.7. The van der Waals surface area contributed by atoms with E-state index in [9.17, 15) is 0 Å². The van der Waals surface area contributed by atoms with Gasteiger partial charge >= 0.3 is 24.7 Å². The molecule has 0 saturated carbocycles. The lowest BCUT2D eigenvalue weighted by Gasteiger charge is -2.22. The van der Waals surface area contributed by atoms with Gasteiger partial charge in [0.25, 0.3) is 0 Å². The summed E-state index contributed by atoms with van der Waals surface area (Å²) in [7, 11) is -6.87. The van der Waals surface area contributed by atoms with Gasteiger partial charge in [-0.15, -0.1) is 4.52 Å². The molecule has 0 radical (unpaired) electrons. The van der Waals surface area contributed by atoms with Crippen molar-refractivity contribution in [3.05, 3.63) is 89.5 Å². The lowest BCUT2D eigenvalue weighted by molar-refractivity contribution is 0.279. The maximum Gasteiger partial charge on any atom is 0.660 e. The van der Waals surface area contributed by atoms with Crippen LogP contribution in [0.2, 0.25) is 0 Å². The van der Waals surface area contributed by atoms with Crippen LogP contribution < -0.4 is 18.4 Å². The molecule has 3 unspecified atom stereocenters. The van der Waals surface area contributed by atoms with Gasteiger partial charge in [0.15, 0.2) is 11.5 Å². The Morgan fingerprint density at radius 2 is 1.24 bits per heavy atom. The smallest absolute Gasteiger partial charge is 0.434 e. The van der Waals surface area contributed by atoms with Crippen molar-refractivity contribution in [2.45, 2.75) is 60.8 Å². The van der Waals surface area contributed by atoms with E-state index < -0.39 is 24.7 Å². The van der Waals surface area contributed by atoms with Gasteiger partial charge in [-0.2, -0.15) is 4.52 Å². The summed E-state index contributed by atoms with van der Waals surface area (Å²) in [5.74, 6) is 2.06. The number of benzene rings is 3. The van der Waals surface area contributed by atoms with E-state index in [0.717, 1.165) is 36.0 Å². The highest BCUT2D eigenvalue weighted by molar-refractivity contribution is 7.75. The third-order valence-electron chi connectivity index (χ3n) is 5.55. The van der Waals surface area contributed by atoms with E-state index in [1.807, 2.05) is 107 Å². The second-order valence-corrected chi connectivity index (χ2v) is 14.1. The number of nitrogens with zero attached hydrogens (tertiary/aromatic N) is 1. The predicted molar refractivity (Wildman–Crippen MR) is 170 cm³/mol. The molecule has 0 aliphatic carbocycles. The second-order valence-electron chi connectivity index (χ2n) is 9.27. The highest BCUT2D eigenvalue weighted by atomic mass is 31.3. The van der Waals surface area contributed by atoms with E-state index in [4.69, 9.17) is 31.7 Å². The van der Waals surface area contributed by atoms with Gasteiger partial charge in [0.05, 0.1) is 13.2 Å². The average molecular weight is 621 g/mol. The van der Waals surface area contributed by atoms with Crippen molar-refractivity contribution in [2.24, 2.45) is 4.52 Å². The minimum absolute atomic E-state index is 0.402. The van der Waals surface area contributed by atoms with E-state index in [1.54, 1.807) is 0 Å². The summed E-state index contributed by atoms with van der Waals surface area (Å²) in [6, 6.07) is 23.4. The first-order chi connectivity index (χ1) is 19.9. The Kier molecular flexibility index (Phi) is 14.4. The zero-order valence-electron chi connectivity index (χ0n) is 24.9. The molecule has 41 heavy (non-hydrogen) atoms. The number of rotatable bonds is 18. The number of nitrogens with one attached hydrogen (secondary N) is 1. The molecule has 3 aromatic rings. The predicted octanol–water partition coefficient (Wildman–Crippen LogP) is 10.4. The highest BCUT2D eigenvalue weighted by Gasteiger charge is 2.57. The summed E-state index contributed by atoms with van der Waals surface area (Å²) < 4.78 is 43.5. The van der Waals surface area contributed by atoms with E-state index in [1.165, 1.54) is 0 Å². The van der Waals surface area contributed by atoms with Crippen LogP contribution in [0.15, 0.2) is 77.3 Å². The summed E-state index contributed by atoms with van der Waals surface area (Å²) in [6.07, 6.45) is 2.38. The Morgan fingerprint density at radius 1 is 0.707 bits per heavy atom. The van der Waals surface area contributed by atoms with Gasteiger partial charge in [0, 0.05) is 0 Å². The Balaban J connectivity index is 2.12. The molecule has 3 aromatic carbocycles. The molecule has 222 valence electrons. The van der Waals surface area contributed by atoms with Crippen molar-refractivity contribution in [3.8, 4) is 17.2 Å². The van der Waals surface area contributed by atoms with Gasteiger partial charge in [-0.25, -0.2) is 4.52 Å². The number of aryl methyl sites for hydroxylation is 3. The Morgan fingerprint density at radius 3 is 1.80 bits per heavy atom. The molecule has 3 atom stereocenters. The Bertz CT molecular complexity index is 1250. The molecule has 3 rings (SSSR count). The largest absolute Gasteiger partial charge is 0.660 e. The fourth-order valence-electron chi connectivity index (χ4n) is 3.33. The first kappa shape index (κ1) is 33.4. The molecular formula is C30H43N2O6P3+2. The summed E-state index contributed by atoms with van der Waals surface area (Å²) in [5, 5.41) is 0. The van der Waals surface area contributed by atoms with Gasteiger partial charge in [-0.3, -0.25) is 4.52 Å². The van der Waals surface area contributed by atoms with Crippen LogP contribution in [0, 0.1) is 20.8 Å². The normalized spacial score (nSPS) is 13.9. The maximum atomic E-state index is 6.72. The van der Waals surface area contributed by atoms with Gasteiger partial charge in [0.2, 0.25) is 4.52 Å². The monoisotopic (exact) mass is 620 g/mol. The molecule has 0 saturated heterocycles. The molecule has 0 aliphatic rings. The summed E-state index contributed by atoms with van der Waals surface area (Å²) in [6.45, 7) is 13.5. The maximum absolute atomic E-state index is 6.72. The van der Waals surface area contributed by atoms with Crippen LogP contribution in [-0.4, -0.2) is 19.8 Å². The van der Waals surface area contributed by atoms with Crippen molar-refractivity contribution in [1.82, 2.24) is 4.86 Å². The van der Waals surface area contributed by atoms with E-state index in [-0.39, 0.29) is 0 Å². The van der Waals surface area contributed by atoms with Crippen LogP contribution in [0.3, 0.4) is 0 Å². The van der Waals surface area contributed by atoms with Crippen molar-refractivity contribution >= 4 is 24.7 Å². The topological polar surface area (TPSA) is 79.8 Å². The standard InChI is InChI=1S/C30H43N2O6P3/c1-7-22-33-39(36-28-19-13-10-16-25(28)4)31-41(35-24-9-3,38-30-21-15-12-18-27(30)6)32-40(34-23-8-2)37-29-20-14-11-17-26(29)5/h10-21,31H,7-9,22-24H2,1-6H3/q+2. The summed E-state index contributed by atoms with van der Waals surface area (Å²) >= 11 is 0. The minimum Gasteiger partial charge on any atom is -0.434 e. The highest BCUT2D eigenvalue weighted by Crippen LogP contribution is 2.67. The van der Waals surface area contributed by atoms with Crippen molar-refractivity contribution in [2.75, 3.05) is 19.8 Å². The van der Waals surface area contributed by atoms with E-state index >= 15 is 0 Å². The van der Waals surface area contributed by atoms with Crippen molar-refractivity contribution in [3.63, 3.8) is 0 Å². The quantitative estimate of drug-likeness (QED) is 0.142. The molecule has 0 bridgehead atoms.